The molecule has 3 heterocycles. The summed E-state index contributed by atoms with van der Waals surface area (Å²) >= 11 is 3.53. The number of carbonyl (C=O) groups is 1. The highest BCUT2D eigenvalue weighted by atomic mass is 79.9. The SMILES string of the molecule is NC(=O)n1c[c]c2c(N3CCC[C@@H](N)C3)c(Br)cnc21. The minimum atomic E-state index is -0.563. The van der Waals surface area contributed by atoms with Crippen LogP contribution < -0.4 is 16.4 Å². The third kappa shape index (κ3) is 2.16. The number of anilines is 1. The Kier molecular flexibility index (Phi) is 3.39. The molecule has 20 heavy (non-hydrogen) atoms. The van der Waals surface area contributed by atoms with Crippen LogP contribution >= 0.6 is 15.9 Å². The number of pyridine rings is 1. The monoisotopic (exact) mass is 336 g/mol. The van der Waals surface area contributed by atoms with E-state index in [9.17, 15) is 4.79 Å². The molecule has 105 valence electrons. The number of nitrogens with zero attached hydrogens (tertiary/aromatic N) is 3. The summed E-state index contributed by atoms with van der Waals surface area (Å²) in [6.45, 7) is 1.72. The predicted octanol–water partition coefficient (Wildman–Crippen LogP) is 1.45. The zero-order valence-electron chi connectivity index (χ0n) is 10.8. The molecule has 1 fully saturated rings. The summed E-state index contributed by atoms with van der Waals surface area (Å²) in [5.74, 6) is 0. The molecule has 1 aliphatic rings. The molecule has 0 saturated carbocycles. The van der Waals surface area contributed by atoms with Crippen LogP contribution in [0.1, 0.15) is 12.8 Å². The van der Waals surface area contributed by atoms with Crippen molar-refractivity contribution in [3.63, 3.8) is 0 Å². The van der Waals surface area contributed by atoms with E-state index in [1.54, 1.807) is 6.20 Å². The molecule has 0 aromatic carbocycles. The minimum absolute atomic E-state index is 0.164. The summed E-state index contributed by atoms with van der Waals surface area (Å²) in [5.41, 5.74) is 12.9. The Hall–Kier alpha value is -1.60. The molecule has 0 unspecified atom stereocenters. The minimum Gasteiger partial charge on any atom is -0.368 e. The van der Waals surface area contributed by atoms with E-state index in [1.807, 2.05) is 0 Å². The van der Waals surface area contributed by atoms with Gasteiger partial charge < -0.3 is 16.4 Å². The van der Waals surface area contributed by atoms with Crippen molar-refractivity contribution in [1.82, 2.24) is 9.55 Å². The van der Waals surface area contributed by atoms with Crippen LogP contribution in [0.15, 0.2) is 16.9 Å². The number of hydrogen-bond acceptors (Lipinski definition) is 4. The van der Waals surface area contributed by atoms with Crippen LogP contribution in [0.3, 0.4) is 0 Å². The summed E-state index contributed by atoms with van der Waals surface area (Å²) in [7, 11) is 0. The molecule has 1 atom stereocenters. The quantitative estimate of drug-likeness (QED) is 0.824. The van der Waals surface area contributed by atoms with Gasteiger partial charge in [-0.2, -0.15) is 0 Å². The van der Waals surface area contributed by atoms with E-state index in [0.717, 1.165) is 41.5 Å². The fraction of sp³-hybridized carbons (Fsp3) is 0.385. The Morgan fingerprint density at radius 1 is 1.55 bits per heavy atom. The zero-order valence-corrected chi connectivity index (χ0v) is 12.4. The first-order valence-electron chi connectivity index (χ1n) is 6.45. The fourth-order valence-electron chi connectivity index (χ4n) is 2.66. The van der Waals surface area contributed by atoms with Crippen LogP contribution in [0.5, 0.6) is 0 Å². The van der Waals surface area contributed by atoms with E-state index in [0.29, 0.717) is 5.65 Å². The van der Waals surface area contributed by atoms with Gasteiger partial charge in [0.05, 0.1) is 15.5 Å². The number of primary amides is 1. The molecule has 0 bridgehead atoms. The van der Waals surface area contributed by atoms with Gasteiger partial charge in [-0.1, -0.05) is 0 Å². The first kappa shape index (κ1) is 13.4. The number of hydrogen-bond donors (Lipinski definition) is 2. The summed E-state index contributed by atoms with van der Waals surface area (Å²) in [6, 6.07) is 2.68. The predicted molar refractivity (Wildman–Crippen MR) is 80.7 cm³/mol. The normalized spacial score (nSPS) is 19.5. The average molecular weight is 337 g/mol. The summed E-state index contributed by atoms with van der Waals surface area (Å²) in [4.78, 5) is 17.9. The highest BCUT2D eigenvalue weighted by Crippen LogP contribution is 2.34. The molecule has 2 aromatic rings. The van der Waals surface area contributed by atoms with Crippen molar-refractivity contribution in [2.75, 3.05) is 18.0 Å². The molecule has 3 rings (SSSR count). The van der Waals surface area contributed by atoms with Crippen LogP contribution in [0.2, 0.25) is 0 Å². The van der Waals surface area contributed by atoms with E-state index in [1.165, 1.54) is 10.8 Å². The molecule has 7 heteroatoms. The maximum absolute atomic E-state index is 11.4. The van der Waals surface area contributed by atoms with E-state index in [4.69, 9.17) is 11.5 Å². The Balaban J connectivity index is 2.14. The number of halogens is 1. The summed E-state index contributed by atoms with van der Waals surface area (Å²) in [5, 5.41) is 0.785. The largest absolute Gasteiger partial charge is 0.368 e. The summed E-state index contributed by atoms with van der Waals surface area (Å²) < 4.78 is 2.17. The lowest BCUT2D eigenvalue weighted by Gasteiger charge is -2.33. The number of rotatable bonds is 1. The second-order valence-electron chi connectivity index (χ2n) is 4.98. The smallest absolute Gasteiger partial charge is 0.324 e. The van der Waals surface area contributed by atoms with E-state index in [2.05, 4.69) is 31.9 Å². The Bertz CT molecular complexity index is 668. The van der Waals surface area contributed by atoms with E-state index >= 15 is 0 Å². The van der Waals surface area contributed by atoms with Gasteiger partial charge in [0, 0.05) is 37.6 Å². The third-order valence-corrected chi connectivity index (χ3v) is 4.14. The van der Waals surface area contributed by atoms with Crippen LogP contribution in [0.4, 0.5) is 10.5 Å². The number of aromatic nitrogens is 2. The molecular formula is C13H15BrN5O. The molecule has 2 aromatic heterocycles. The molecule has 1 amide bonds. The molecule has 4 N–H and O–H groups in total. The van der Waals surface area contributed by atoms with Gasteiger partial charge in [-0.3, -0.25) is 4.57 Å². The van der Waals surface area contributed by atoms with Crippen molar-refractivity contribution in [1.29, 1.82) is 0 Å². The number of amides is 1. The molecule has 1 aliphatic heterocycles. The van der Waals surface area contributed by atoms with Gasteiger partial charge in [-0.25, -0.2) is 9.78 Å². The van der Waals surface area contributed by atoms with Crippen molar-refractivity contribution < 1.29 is 4.79 Å². The molecule has 1 saturated heterocycles. The van der Waals surface area contributed by atoms with Crippen LogP contribution in [-0.4, -0.2) is 34.7 Å². The molecular weight excluding hydrogens is 322 g/mol. The highest BCUT2D eigenvalue weighted by Gasteiger charge is 2.22. The molecule has 0 spiro atoms. The number of carbonyl (C=O) groups excluding carboxylic acids is 1. The topological polar surface area (TPSA) is 90.2 Å². The van der Waals surface area contributed by atoms with Crippen LogP contribution in [0, 0.1) is 6.07 Å². The Morgan fingerprint density at radius 2 is 2.35 bits per heavy atom. The van der Waals surface area contributed by atoms with Gasteiger partial charge in [0.15, 0.2) is 5.65 Å². The summed E-state index contributed by atoms with van der Waals surface area (Å²) in [6.07, 6.45) is 5.30. The third-order valence-electron chi connectivity index (χ3n) is 3.56. The van der Waals surface area contributed by atoms with Crippen LogP contribution in [0.25, 0.3) is 11.0 Å². The van der Waals surface area contributed by atoms with Crippen molar-refractivity contribution in [2.45, 2.75) is 18.9 Å². The number of nitrogens with two attached hydrogens (primary N) is 2. The van der Waals surface area contributed by atoms with Gasteiger partial charge in [-0.15, -0.1) is 0 Å². The van der Waals surface area contributed by atoms with Gasteiger partial charge in [0.2, 0.25) is 0 Å². The molecule has 1 radical (unpaired) electrons. The van der Waals surface area contributed by atoms with Gasteiger partial charge in [0.1, 0.15) is 0 Å². The average Bonchev–Trinajstić information content (AvgIpc) is 2.82. The van der Waals surface area contributed by atoms with Crippen molar-refractivity contribution in [3.05, 3.63) is 22.9 Å². The zero-order chi connectivity index (χ0) is 14.3. The van der Waals surface area contributed by atoms with Gasteiger partial charge in [0.25, 0.3) is 0 Å². The van der Waals surface area contributed by atoms with Crippen molar-refractivity contribution >= 4 is 38.7 Å². The lowest BCUT2D eigenvalue weighted by molar-refractivity contribution is 0.251. The van der Waals surface area contributed by atoms with E-state index < -0.39 is 6.03 Å². The highest BCUT2D eigenvalue weighted by molar-refractivity contribution is 9.10. The second-order valence-corrected chi connectivity index (χ2v) is 5.84. The van der Waals surface area contributed by atoms with Crippen molar-refractivity contribution in [2.24, 2.45) is 11.5 Å². The van der Waals surface area contributed by atoms with E-state index in [-0.39, 0.29) is 6.04 Å². The maximum Gasteiger partial charge on any atom is 0.324 e. The first-order chi connectivity index (χ1) is 9.58. The lowest BCUT2D eigenvalue weighted by atomic mass is 10.1. The Morgan fingerprint density at radius 3 is 3.05 bits per heavy atom. The first-order valence-corrected chi connectivity index (χ1v) is 7.25. The molecule has 0 aliphatic carbocycles. The lowest BCUT2D eigenvalue weighted by Crippen LogP contribution is -2.43. The number of piperidine rings is 1. The van der Waals surface area contributed by atoms with Crippen molar-refractivity contribution in [3.8, 4) is 0 Å². The van der Waals surface area contributed by atoms with Gasteiger partial charge in [-0.05, 0) is 28.8 Å². The van der Waals surface area contributed by atoms with Gasteiger partial charge >= 0.3 is 6.03 Å². The fourth-order valence-corrected chi connectivity index (χ4v) is 3.22. The van der Waals surface area contributed by atoms with Crippen LogP contribution in [-0.2, 0) is 0 Å². The Labute approximate surface area is 124 Å². The number of fused-ring (bicyclic) bond motifs is 1. The molecule has 6 nitrogen and oxygen atoms in total. The standard InChI is InChI=1S/C13H15BrN5O/c14-10-6-17-12-9(3-5-19(12)13(16)20)11(10)18-4-1-2-8(15)7-18/h5-6,8H,1-2,4,7,15H2,(H2,16,20)/t8-/m1/s1. The maximum atomic E-state index is 11.4. The second kappa shape index (κ2) is 5.06.